The fourth-order valence-electron chi connectivity index (χ4n) is 2.01. The van der Waals surface area contributed by atoms with E-state index in [4.69, 9.17) is 0 Å². The van der Waals surface area contributed by atoms with Gasteiger partial charge in [0, 0.05) is 6.54 Å². The lowest BCUT2D eigenvalue weighted by Crippen LogP contribution is -2.13. The van der Waals surface area contributed by atoms with Crippen LogP contribution in [0.5, 0.6) is 0 Å². The van der Waals surface area contributed by atoms with Crippen molar-refractivity contribution in [1.29, 1.82) is 0 Å². The Balaban J connectivity index is 2.11. The number of nitrogens with one attached hydrogen (secondary N) is 1. The lowest BCUT2D eigenvalue weighted by Gasteiger charge is -2.14. The van der Waals surface area contributed by atoms with E-state index in [1.807, 2.05) is 25.1 Å². The number of nitro groups is 1. The Kier molecular flexibility index (Phi) is 4.49. The Morgan fingerprint density at radius 1 is 1.33 bits per heavy atom. The molecule has 6 heteroatoms. The summed E-state index contributed by atoms with van der Waals surface area (Å²) < 4.78 is 13.0. The van der Waals surface area contributed by atoms with Gasteiger partial charge in [0.2, 0.25) is 0 Å². The fourth-order valence-corrected chi connectivity index (χ4v) is 2.01. The number of hydrogen-bond acceptors (Lipinski definition) is 4. The van der Waals surface area contributed by atoms with Crippen molar-refractivity contribution < 1.29 is 14.4 Å². The number of hydrogen-bond donors (Lipinski definition) is 2. The molecule has 21 heavy (non-hydrogen) atoms. The van der Waals surface area contributed by atoms with Crippen LogP contribution >= 0.6 is 0 Å². The maximum Gasteiger partial charge on any atom is 0.295 e. The summed E-state index contributed by atoms with van der Waals surface area (Å²) in [5.41, 5.74) is 1.55. The molecule has 0 amide bonds. The number of nitrogens with zero attached hydrogens (tertiary/aromatic N) is 1. The quantitative estimate of drug-likeness (QED) is 0.655. The minimum absolute atomic E-state index is 0.0932. The molecule has 0 aliphatic rings. The number of rotatable bonds is 5. The van der Waals surface area contributed by atoms with Crippen molar-refractivity contribution in [2.24, 2.45) is 0 Å². The van der Waals surface area contributed by atoms with E-state index in [2.05, 4.69) is 5.32 Å². The second-order valence-corrected chi connectivity index (χ2v) is 4.73. The Morgan fingerprint density at radius 2 is 2.10 bits per heavy atom. The molecule has 0 aliphatic carbocycles. The van der Waals surface area contributed by atoms with Gasteiger partial charge < -0.3 is 10.4 Å². The van der Waals surface area contributed by atoms with Crippen LogP contribution in [-0.4, -0.2) is 16.6 Å². The molecular formula is C15H15FN2O3. The SMILES string of the molecule is Cc1cccc(C(O)CNc2ccc(F)cc2[N+](=O)[O-])c1. The monoisotopic (exact) mass is 290 g/mol. The van der Waals surface area contributed by atoms with E-state index in [0.29, 0.717) is 5.56 Å². The topological polar surface area (TPSA) is 75.4 Å². The number of aliphatic hydroxyl groups is 1. The van der Waals surface area contributed by atoms with Gasteiger partial charge in [0.25, 0.3) is 5.69 Å². The van der Waals surface area contributed by atoms with E-state index in [9.17, 15) is 19.6 Å². The van der Waals surface area contributed by atoms with Gasteiger partial charge in [-0.05, 0) is 24.6 Å². The van der Waals surface area contributed by atoms with Gasteiger partial charge in [-0.1, -0.05) is 29.8 Å². The van der Waals surface area contributed by atoms with Crippen LogP contribution in [0.15, 0.2) is 42.5 Å². The molecule has 0 aliphatic heterocycles. The highest BCUT2D eigenvalue weighted by Crippen LogP contribution is 2.26. The third kappa shape index (κ3) is 3.76. The van der Waals surface area contributed by atoms with Crippen LogP contribution in [0.25, 0.3) is 0 Å². The van der Waals surface area contributed by atoms with Gasteiger partial charge in [0.1, 0.15) is 11.5 Å². The van der Waals surface area contributed by atoms with Crippen molar-refractivity contribution in [2.45, 2.75) is 13.0 Å². The Labute approximate surface area is 121 Å². The number of halogens is 1. The Bertz CT molecular complexity index is 661. The average molecular weight is 290 g/mol. The second kappa shape index (κ2) is 6.32. The van der Waals surface area contributed by atoms with Crippen LogP contribution in [0.3, 0.4) is 0 Å². The van der Waals surface area contributed by atoms with Crippen molar-refractivity contribution >= 4 is 11.4 Å². The zero-order chi connectivity index (χ0) is 15.4. The summed E-state index contributed by atoms with van der Waals surface area (Å²) in [5.74, 6) is -0.675. The van der Waals surface area contributed by atoms with Crippen molar-refractivity contribution in [3.63, 3.8) is 0 Å². The van der Waals surface area contributed by atoms with E-state index >= 15 is 0 Å². The molecule has 2 aromatic rings. The fraction of sp³-hybridized carbons (Fsp3) is 0.200. The number of aliphatic hydroxyl groups excluding tert-OH is 1. The molecule has 2 N–H and O–H groups in total. The maximum absolute atomic E-state index is 13.0. The van der Waals surface area contributed by atoms with Crippen molar-refractivity contribution in [2.75, 3.05) is 11.9 Å². The Morgan fingerprint density at radius 3 is 2.76 bits per heavy atom. The third-order valence-electron chi connectivity index (χ3n) is 3.07. The zero-order valence-electron chi connectivity index (χ0n) is 11.4. The van der Waals surface area contributed by atoms with E-state index in [0.717, 1.165) is 17.7 Å². The molecule has 0 aromatic heterocycles. The first-order valence-corrected chi connectivity index (χ1v) is 6.40. The maximum atomic E-state index is 13.0. The van der Waals surface area contributed by atoms with E-state index < -0.39 is 16.8 Å². The van der Waals surface area contributed by atoms with Crippen LogP contribution in [0.1, 0.15) is 17.2 Å². The van der Waals surface area contributed by atoms with Crippen LogP contribution in [-0.2, 0) is 0 Å². The number of nitro benzene ring substituents is 1. The van der Waals surface area contributed by atoms with E-state index in [1.165, 1.54) is 6.07 Å². The minimum atomic E-state index is -0.811. The molecular weight excluding hydrogens is 275 g/mol. The number of aryl methyl sites for hydroxylation is 1. The highest BCUT2D eigenvalue weighted by atomic mass is 19.1. The molecule has 110 valence electrons. The first-order chi connectivity index (χ1) is 9.97. The first-order valence-electron chi connectivity index (χ1n) is 6.40. The second-order valence-electron chi connectivity index (χ2n) is 4.73. The van der Waals surface area contributed by atoms with Gasteiger partial charge in [-0.25, -0.2) is 4.39 Å². The molecule has 0 bridgehead atoms. The summed E-state index contributed by atoms with van der Waals surface area (Å²) >= 11 is 0. The smallest absolute Gasteiger partial charge is 0.295 e. The van der Waals surface area contributed by atoms with Gasteiger partial charge >= 0.3 is 0 Å². The van der Waals surface area contributed by atoms with Crippen molar-refractivity contribution in [1.82, 2.24) is 0 Å². The molecule has 2 rings (SSSR count). The van der Waals surface area contributed by atoms with Crippen LogP contribution < -0.4 is 5.32 Å². The van der Waals surface area contributed by atoms with Crippen LogP contribution in [0.4, 0.5) is 15.8 Å². The Hall–Kier alpha value is -2.47. The predicted molar refractivity (Wildman–Crippen MR) is 77.7 cm³/mol. The summed E-state index contributed by atoms with van der Waals surface area (Å²) in [4.78, 5) is 10.2. The molecule has 0 saturated carbocycles. The van der Waals surface area contributed by atoms with Gasteiger partial charge in [-0.3, -0.25) is 10.1 Å². The van der Waals surface area contributed by atoms with Crippen LogP contribution in [0, 0.1) is 22.9 Å². The summed E-state index contributed by atoms with van der Waals surface area (Å²) in [6.07, 6.45) is -0.811. The summed E-state index contributed by atoms with van der Waals surface area (Å²) in [5, 5.41) is 23.7. The molecule has 0 fully saturated rings. The summed E-state index contributed by atoms with van der Waals surface area (Å²) in [6.45, 7) is 2.00. The molecule has 0 saturated heterocycles. The molecule has 2 aromatic carbocycles. The lowest BCUT2D eigenvalue weighted by atomic mass is 10.1. The molecule has 0 spiro atoms. The minimum Gasteiger partial charge on any atom is -0.387 e. The molecule has 0 heterocycles. The number of benzene rings is 2. The molecule has 1 unspecified atom stereocenters. The van der Waals surface area contributed by atoms with Crippen LogP contribution in [0.2, 0.25) is 0 Å². The van der Waals surface area contributed by atoms with E-state index in [-0.39, 0.29) is 17.9 Å². The standard InChI is InChI=1S/C15H15FN2O3/c1-10-3-2-4-11(7-10)15(19)9-17-13-6-5-12(16)8-14(13)18(20)21/h2-8,15,17,19H,9H2,1H3. The highest BCUT2D eigenvalue weighted by Gasteiger charge is 2.16. The normalized spacial score (nSPS) is 12.0. The molecule has 1 atom stereocenters. The van der Waals surface area contributed by atoms with Crippen molar-refractivity contribution in [3.8, 4) is 0 Å². The first kappa shape index (κ1) is 14.9. The van der Waals surface area contributed by atoms with Crippen molar-refractivity contribution in [3.05, 3.63) is 69.5 Å². The largest absolute Gasteiger partial charge is 0.387 e. The third-order valence-corrected chi connectivity index (χ3v) is 3.07. The average Bonchev–Trinajstić information content (AvgIpc) is 2.45. The van der Waals surface area contributed by atoms with Gasteiger partial charge in [-0.15, -0.1) is 0 Å². The molecule has 5 nitrogen and oxygen atoms in total. The zero-order valence-corrected chi connectivity index (χ0v) is 11.4. The summed E-state index contributed by atoms with van der Waals surface area (Å²) in [6, 6.07) is 10.6. The number of anilines is 1. The summed E-state index contributed by atoms with van der Waals surface area (Å²) in [7, 11) is 0. The van der Waals surface area contributed by atoms with E-state index in [1.54, 1.807) is 6.07 Å². The van der Waals surface area contributed by atoms with Gasteiger partial charge in [0.15, 0.2) is 0 Å². The highest BCUT2D eigenvalue weighted by molar-refractivity contribution is 5.61. The predicted octanol–water partition coefficient (Wildman–Crippen LogP) is 3.19. The molecule has 0 radical (unpaired) electrons. The lowest BCUT2D eigenvalue weighted by molar-refractivity contribution is -0.384. The van der Waals surface area contributed by atoms with Gasteiger partial charge in [-0.2, -0.15) is 0 Å². The van der Waals surface area contributed by atoms with Gasteiger partial charge in [0.05, 0.1) is 17.1 Å².